The molecular weight excluding hydrogens is 216 g/mol. The van der Waals surface area contributed by atoms with Crippen molar-refractivity contribution in [1.82, 2.24) is 0 Å². The minimum absolute atomic E-state index is 0.513. The maximum Gasteiger partial charge on any atom is 0.123 e. The molecule has 0 fully saturated rings. The quantitative estimate of drug-likeness (QED) is 0.546. The van der Waals surface area contributed by atoms with Crippen LogP contribution in [0.25, 0.3) is 0 Å². The van der Waals surface area contributed by atoms with Crippen molar-refractivity contribution in [1.29, 1.82) is 0 Å². The van der Waals surface area contributed by atoms with Gasteiger partial charge in [-0.25, -0.2) is 0 Å². The number of hydrogen-bond donors (Lipinski definition) is 0. The number of benzene rings is 1. The van der Waals surface area contributed by atoms with E-state index in [-0.39, 0.29) is 0 Å². The second-order valence-corrected chi connectivity index (χ2v) is 4.19. The molecule has 0 bridgehead atoms. The van der Waals surface area contributed by atoms with E-state index in [1.165, 1.54) is 0 Å². The van der Waals surface area contributed by atoms with Crippen molar-refractivity contribution < 1.29 is 4.74 Å². The Labute approximate surface area is 94.8 Å². The van der Waals surface area contributed by atoms with E-state index in [1.807, 2.05) is 36.0 Å². The lowest BCUT2D eigenvalue weighted by molar-refractivity contribution is 0.316. The fourth-order valence-corrected chi connectivity index (χ4v) is 1.77. The van der Waals surface area contributed by atoms with Gasteiger partial charge in [0.2, 0.25) is 0 Å². The lowest BCUT2D eigenvalue weighted by atomic mass is 10.2. The molecule has 0 aliphatic heterocycles. The Morgan fingerprint density at radius 3 is 2.86 bits per heavy atom. The number of ether oxygens (including phenoxy) is 1. The molecule has 0 amide bonds. The Hall–Kier alpha value is -0.340. The molecule has 0 saturated carbocycles. The predicted octanol–water partition coefficient (Wildman–Crippen LogP) is 3.56. The molecule has 3 heteroatoms. The molecule has 0 radical (unpaired) electrons. The molecule has 0 aromatic heterocycles. The van der Waals surface area contributed by atoms with Crippen LogP contribution in [-0.2, 0) is 5.88 Å². The third-order valence-corrected chi connectivity index (χ3v) is 2.85. The molecule has 0 saturated heterocycles. The van der Waals surface area contributed by atoms with E-state index in [1.54, 1.807) is 0 Å². The van der Waals surface area contributed by atoms with Crippen LogP contribution < -0.4 is 4.74 Å². The number of thioether (sulfide) groups is 1. The van der Waals surface area contributed by atoms with Crippen LogP contribution in [0.15, 0.2) is 24.3 Å². The van der Waals surface area contributed by atoms with Gasteiger partial charge in [-0.3, -0.25) is 0 Å². The molecule has 0 spiro atoms. The van der Waals surface area contributed by atoms with E-state index in [9.17, 15) is 0 Å². The minimum Gasteiger partial charge on any atom is -0.493 e. The SMILES string of the molecule is CSCCCOc1ccccc1CCl. The monoisotopic (exact) mass is 230 g/mol. The van der Waals surface area contributed by atoms with Crippen molar-refractivity contribution in [3.8, 4) is 5.75 Å². The van der Waals surface area contributed by atoms with E-state index in [0.717, 1.165) is 30.1 Å². The summed E-state index contributed by atoms with van der Waals surface area (Å²) in [4.78, 5) is 0. The Morgan fingerprint density at radius 1 is 1.36 bits per heavy atom. The van der Waals surface area contributed by atoms with Gasteiger partial charge in [-0.15, -0.1) is 11.6 Å². The molecule has 1 aromatic carbocycles. The zero-order chi connectivity index (χ0) is 10.2. The number of rotatable bonds is 6. The maximum absolute atomic E-state index is 5.79. The van der Waals surface area contributed by atoms with Gasteiger partial charge >= 0.3 is 0 Å². The first-order valence-corrected chi connectivity index (χ1v) is 6.57. The molecule has 0 N–H and O–H groups in total. The van der Waals surface area contributed by atoms with Gasteiger partial charge in [0.1, 0.15) is 5.75 Å². The third-order valence-electron chi connectivity index (χ3n) is 1.87. The second-order valence-electron chi connectivity index (χ2n) is 2.94. The van der Waals surface area contributed by atoms with Gasteiger partial charge in [0, 0.05) is 5.56 Å². The van der Waals surface area contributed by atoms with Gasteiger partial charge in [-0.1, -0.05) is 18.2 Å². The topological polar surface area (TPSA) is 9.23 Å². The van der Waals surface area contributed by atoms with Gasteiger partial charge in [-0.2, -0.15) is 11.8 Å². The fraction of sp³-hybridized carbons (Fsp3) is 0.455. The van der Waals surface area contributed by atoms with E-state index < -0.39 is 0 Å². The van der Waals surface area contributed by atoms with Crippen molar-refractivity contribution in [2.24, 2.45) is 0 Å². The van der Waals surface area contributed by atoms with Crippen molar-refractivity contribution >= 4 is 23.4 Å². The molecule has 0 unspecified atom stereocenters. The first-order valence-electron chi connectivity index (χ1n) is 4.64. The molecular formula is C11H15ClOS. The average molecular weight is 231 g/mol. The number of alkyl halides is 1. The van der Waals surface area contributed by atoms with Crippen LogP contribution in [0.2, 0.25) is 0 Å². The van der Waals surface area contributed by atoms with Crippen molar-refractivity contribution in [3.05, 3.63) is 29.8 Å². The van der Waals surface area contributed by atoms with E-state index in [0.29, 0.717) is 5.88 Å². The Bertz CT molecular complexity index is 265. The molecule has 0 aliphatic rings. The highest BCUT2D eigenvalue weighted by Crippen LogP contribution is 2.19. The standard InChI is InChI=1S/C11H15ClOS/c1-14-8-4-7-13-11-6-3-2-5-10(11)9-12/h2-3,5-6H,4,7-9H2,1H3. The number of halogens is 1. The first kappa shape index (κ1) is 11.7. The van der Waals surface area contributed by atoms with Crippen LogP contribution in [0.1, 0.15) is 12.0 Å². The van der Waals surface area contributed by atoms with Crippen LogP contribution in [0.3, 0.4) is 0 Å². The summed E-state index contributed by atoms with van der Waals surface area (Å²) in [5, 5.41) is 0. The van der Waals surface area contributed by atoms with E-state index >= 15 is 0 Å². The summed E-state index contributed by atoms with van der Waals surface area (Å²) >= 11 is 7.63. The average Bonchev–Trinajstić information content (AvgIpc) is 2.25. The molecule has 1 aromatic rings. The summed E-state index contributed by atoms with van der Waals surface area (Å²) in [5.41, 5.74) is 1.07. The zero-order valence-electron chi connectivity index (χ0n) is 8.33. The molecule has 78 valence electrons. The zero-order valence-corrected chi connectivity index (χ0v) is 9.90. The predicted molar refractivity (Wildman–Crippen MR) is 64.5 cm³/mol. The summed E-state index contributed by atoms with van der Waals surface area (Å²) in [7, 11) is 0. The van der Waals surface area contributed by atoms with E-state index in [4.69, 9.17) is 16.3 Å². The molecule has 0 aliphatic carbocycles. The number of hydrogen-bond acceptors (Lipinski definition) is 2. The van der Waals surface area contributed by atoms with Crippen molar-refractivity contribution in [2.75, 3.05) is 18.6 Å². The summed E-state index contributed by atoms with van der Waals surface area (Å²) in [5.74, 6) is 2.57. The lowest BCUT2D eigenvalue weighted by Gasteiger charge is -2.08. The van der Waals surface area contributed by atoms with Gasteiger partial charge < -0.3 is 4.74 Å². The highest BCUT2D eigenvalue weighted by molar-refractivity contribution is 7.98. The van der Waals surface area contributed by atoms with Gasteiger partial charge in [0.05, 0.1) is 12.5 Å². The lowest BCUT2D eigenvalue weighted by Crippen LogP contribution is -2.00. The van der Waals surface area contributed by atoms with Crippen LogP contribution in [0.5, 0.6) is 5.75 Å². The molecule has 0 heterocycles. The normalized spacial score (nSPS) is 10.1. The minimum atomic E-state index is 0.513. The van der Waals surface area contributed by atoms with Crippen molar-refractivity contribution in [2.45, 2.75) is 12.3 Å². The highest BCUT2D eigenvalue weighted by Gasteiger charge is 2.00. The van der Waals surface area contributed by atoms with Gasteiger partial charge in [0.25, 0.3) is 0 Å². The Morgan fingerprint density at radius 2 is 2.14 bits per heavy atom. The third kappa shape index (κ3) is 3.81. The highest BCUT2D eigenvalue weighted by atomic mass is 35.5. The molecule has 0 atom stereocenters. The maximum atomic E-state index is 5.79. The van der Waals surface area contributed by atoms with Crippen molar-refractivity contribution in [3.63, 3.8) is 0 Å². The molecule has 1 rings (SSSR count). The van der Waals surface area contributed by atoms with Crippen LogP contribution in [-0.4, -0.2) is 18.6 Å². The Kier molecular flexibility index (Phi) is 5.88. The van der Waals surface area contributed by atoms with Crippen LogP contribution >= 0.6 is 23.4 Å². The molecule has 14 heavy (non-hydrogen) atoms. The number of para-hydroxylation sites is 1. The van der Waals surface area contributed by atoms with Gasteiger partial charge in [0.15, 0.2) is 0 Å². The smallest absolute Gasteiger partial charge is 0.123 e. The second kappa shape index (κ2) is 7.02. The van der Waals surface area contributed by atoms with E-state index in [2.05, 4.69) is 6.26 Å². The largest absolute Gasteiger partial charge is 0.493 e. The van der Waals surface area contributed by atoms with Gasteiger partial charge in [-0.05, 0) is 24.5 Å². The summed E-state index contributed by atoms with van der Waals surface area (Å²) < 4.78 is 5.63. The fourth-order valence-electron chi connectivity index (χ4n) is 1.14. The molecule has 1 nitrogen and oxygen atoms in total. The Balaban J connectivity index is 2.41. The first-order chi connectivity index (χ1) is 6.88. The summed E-state index contributed by atoms with van der Waals surface area (Å²) in [6.45, 7) is 0.773. The summed E-state index contributed by atoms with van der Waals surface area (Å²) in [6, 6.07) is 7.92. The summed E-state index contributed by atoms with van der Waals surface area (Å²) in [6.07, 6.45) is 3.19. The van der Waals surface area contributed by atoms with Crippen LogP contribution in [0.4, 0.5) is 0 Å². The van der Waals surface area contributed by atoms with Crippen LogP contribution in [0, 0.1) is 0 Å².